The SMILES string of the molecule is COC(=O)C(C)CCC1(c2c(C)c(-c3c(C)c(C)c(-c4c(C)c(C)cc5ccccc45)c4ccccc34)c(C)c(-c3c(C)c(C)c(-c4c(C)c(C)cc5ccccc45)c4ccccc34)c2C)C23C=C4CC5=CC6CC7CC8CC9CC%10=CC(C2)C2C%11=C%12C%13C(C%102)C9C2C8C7C7C6C6C5C4C(C%12C6C7C%132)C%1131. The van der Waals surface area contributed by atoms with Crippen LogP contribution in [0.2, 0.25) is 0 Å². The van der Waals surface area contributed by atoms with Crippen LogP contribution in [-0.4, -0.2) is 13.1 Å². The molecule has 0 amide bonds. The van der Waals surface area contributed by atoms with Crippen LogP contribution in [0.3, 0.4) is 0 Å². The smallest absolute Gasteiger partial charge is 0.308 e. The predicted octanol–water partition coefficient (Wildman–Crippen LogP) is 24.0. The van der Waals surface area contributed by atoms with Crippen LogP contribution in [0.5, 0.6) is 0 Å². The zero-order valence-corrected chi connectivity index (χ0v) is 64.0. The summed E-state index contributed by atoms with van der Waals surface area (Å²) >= 11 is 0. The maximum Gasteiger partial charge on any atom is 0.308 e. The fourth-order valence-electron chi connectivity index (χ4n) is 35.9. The molecule has 0 aromatic heterocycles. The molecule has 0 heterocycles. The Kier molecular flexibility index (Phi) is 11.0. The van der Waals surface area contributed by atoms with Crippen molar-refractivity contribution in [3.8, 4) is 44.5 Å². The highest BCUT2D eigenvalue weighted by atomic mass is 16.5. The summed E-state index contributed by atoms with van der Waals surface area (Å²) in [5.41, 5.74) is 38.3. The van der Waals surface area contributed by atoms with Gasteiger partial charge in [-0.3, -0.25) is 4.79 Å². The fourth-order valence-corrected chi connectivity index (χ4v) is 35.9. The summed E-state index contributed by atoms with van der Waals surface area (Å²) in [6.07, 6.45) is 20.0. The molecule has 2 nitrogen and oxygen atoms in total. The second-order valence-electron chi connectivity index (χ2n) is 39.6. The Morgan fingerprint density at radius 3 is 1.50 bits per heavy atom. The molecule has 524 valence electrons. The Morgan fingerprint density at radius 2 is 0.914 bits per heavy atom. The highest BCUT2D eigenvalue weighted by Crippen LogP contribution is 3.02. The van der Waals surface area contributed by atoms with Crippen molar-refractivity contribution in [2.75, 3.05) is 7.11 Å². The number of rotatable bonds is 9. The first kappa shape index (κ1) is 60.5. The van der Waals surface area contributed by atoms with Crippen LogP contribution in [-0.2, 0) is 14.9 Å². The average molecular weight is 1370 g/mol. The van der Waals surface area contributed by atoms with Crippen LogP contribution < -0.4 is 0 Å². The summed E-state index contributed by atoms with van der Waals surface area (Å²) in [4.78, 5) is 14.8. The van der Waals surface area contributed by atoms with E-state index >= 15 is 0 Å². The second-order valence-corrected chi connectivity index (χ2v) is 39.6. The monoisotopic (exact) mass is 1370 g/mol. The molecule has 12 saturated carbocycles. The van der Waals surface area contributed by atoms with E-state index in [1.54, 1.807) is 25.5 Å². The molecule has 12 fully saturated rings. The number of allylic oxidation sites excluding steroid dienone is 8. The van der Waals surface area contributed by atoms with Crippen molar-refractivity contribution in [1.82, 2.24) is 0 Å². The van der Waals surface area contributed by atoms with E-state index in [1.165, 1.54) is 174 Å². The first-order valence-electron chi connectivity index (χ1n) is 42.1. The van der Waals surface area contributed by atoms with Gasteiger partial charge in [0, 0.05) is 16.2 Å². The molecule has 9 aromatic rings. The Balaban J connectivity index is 0.818. The number of carbonyl (C=O) groups is 1. The third-order valence-corrected chi connectivity index (χ3v) is 37.7. The van der Waals surface area contributed by atoms with Crippen molar-refractivity contribution in [3.05, 3.63) is 222 Å². The molecule has 105 heavy (non-hydrogen) atoms. The van der Waals surface area contributed by atoms with Crippen LogP contribution in [0.4, 0.5) is 0 Å². The van der Waals surface area contributed by atoms with Gasteiger partial charge in [-0.15, -0.1) is 0 Å². The Labute approximate surface area is 621 Å². The van der Waals surface area contributed by atoms with Gasteiger partial charge in [0.1, 0.15) is 0 Å². The van der Waals surface area contributed by atoms with E-state index in [0.29, 0.717) is 35.5 Å². The molecule has 27 unspecified atom stereocenters. The highest BCUT2D eigenvalue weighted by Gasteiger charge is 2.99. The highest BCUT2D eigenvalue weighted by molar-refractivity contribution is 6.16. The van der Waals surface area contributed by atoms with Crippen LogP contribution in [0, 0.1) is 229 Å². The second kappa shape index (κ2) is 19.1. The number of carbonyl (C=O) groups excluding carboxylic acids is 1. The molecular formula is C103H100O2. The van der Waals surface area contributed by atoms with Gasteiger partial charge in [-0.1, -0.05) is 162 Å². The molecule has 1 spiro atoms. The van der Waals surface area contributed by atoms with Crippen molar-refractivity contribution in [3.63, 3.8) is 0 Å². The molecule has 27 atom stereocenters. The quantitative estimate of drug-likeness (QED) is 0.106. The molecule has 9 aromatic carbocycles. The molecule has 0 bridgehead atoms. The number of hydrogen-bond acceptors (Lipinski definition) is 2. The van der Waals surface area contributed by atoms with E-state index in [9.17, 15) is 4.79 Å². The van der Waals surface area contributed by atoms with Gasteiger partial charge in [0.2, 0.25) is 0 Å². The maximum atomic E-state index is 14.8. The Hall–Kier alpha value is -7.55. The summed E-state index contributed by atoms with van der Waals surface area (Å²) in [5, 5.41) is 10.7. The summed E-state index contributed by atoms with van der Waals surface area (Å²) in [5.74, 6) is 19.0. The lowest BCUT2D eigenvalue weighted by atomic mass is 9.44. The van der Waals surface area contributed by atoms with E-state index in [1.807, 2.05) is 16.7 Å². The van der Waals surface area contributed by atoms with Gasteiger partial charge in [-0.25, -0.2) is 0 Å². The van der Waals surface area contributed by atoms with E-state index < -0.39 is 0 Å². The van der Waals surface area contributed by atoms with E-state index in [2.05, 4.69) is 222 Å². The molecule has 0 radical (unpaired) electrons. The van der Waals surface area contributed by atoms with Crippen LogP contribution in [0.15, 0.2) is 155 Å². The summed E-state index contributed by atoms with van der Waals surface area (Å²) in [6, 6.07) is 42.7. The van der Waals surface area contributed by atoms with Crippen molar-refractivity contribution in [1.29, 1.82) is 0 Å². The molecule has 0 aliphatic heterocycles. The number of benzene rings is 9. The van der Waals surface area contributed by atoms with Gasteiger partial charge in [0.05, 0.1) is 13.0 Å². The van der Waals surface area contributed by atoms with Crippen molar-refractivity contribution >= 4 is 49.1 Å². The van der Waals surface area contributed by atoms with Crippen molar-refractivity contribution in [2.45, 2.75) is 140 Å². The third kappa shape index (κ3) is 6.17. The number of esters is 1. The first-order valence-corrected chi connectivity index (χ1v) is 42.1. The minimum Gasteiger partial charge on any atom is -0.469 e. The van der Waals surface area contributed by atoms with Gasteiger partial charge >= 0.3 is 5.97 Å². The lowest BCUT2D eigenvalue weighted by molar-refractivity contribution is -0.145. The largest absolute Gasteiger partial charge is 0.469 e. The number of fused-ring (bicyclic) bond motifs is 4. The van der Waals surface area contributed by atoms with Gasteiger partial charge in [-0.05, 0) is 418 Å². The fraction of sp³-hybridized carbons (Fsp3) is 0.466. The minimum atomic E-state index is -0.271. The van der Waals surface area contributed by atoms with Crippen LogP contribution >= 0.6 is 0 Å². The van der Waals surface area contributed by atoms with E-state index in [-0.39, 0.29) is 28.1 Å². The number of hydrogen-bond donors (Lipinski definition) is 0. The Morgan fingerprint density at radius 1 is 0.438 bits per heavy atom. The molecule has 0 saturated heterocycles. The van der Waals surface area contributed by atoms with Gasteiger partial charge in [-0.2, -0.15) is 0 Å². The summed E-state index contributed by atoms with van der Waals surface area (Å²) in [7, 11) is 1.67. The number of aryl methyl sites for hydroxylation is 2. The van der Waals surface area contributed by atoms with Crippen molar-refractivity contribution in [2.24, 2.45) is 153 Å². The number of methoxy groups -OCH3 is 1. The standard InChI is InChI=1S/C103H100O2/c1-43(100(104)105-13)30-31-102(101-41-63-39-61-37-59-35-57-34-58-36-60-38-62-40-64(42-101)86-82(62)90-84(60)88-80(58)79(57)87-83(59)89-81(61)85(63)98-95-93(89)91(87)92(88)94(90)96(95)99(86)103(98,101)102)97-53(11)71(75-48(6)50(8)77(69-28-20-18-26-67(69)75)73-46(4)44(2)32-55-22-14-16-24-65(55)73)52(10)72(54(97)12)76-49(7)51(9)78(70-29-21-19-27-68(70)76)74-47(5)45(3)33-56-23-15-17-25-66(56)74/h14-29,32-33,37,40-41,43,57-60,64,79-95,98H,30-31,34-36,38-39,42H2,1-13H3. The lowest BCUT2D eigenvalue weighted by Gasteiger charge is -2.60. The number of ether oxygens (including phenoxy) is 1. The molecule has 0 N–H and O–H groups in total. The summed E-state index contributed by atoms with van der Waals surface area (Å²) < 4.78 is 5.96. The zero-order valence-electron chi connectivity index (χ0n) is 64.0. The Bertz CT molecular complexity index is 5680. The molecule has 26 rings (SSSR count). The van der Waals surface area contributed by atoms with Gasteiger partial charge < -0.3 is 4.74 Å². The predicted molar refractivity (Wildman–Crippen MR) is 427 cm³/mol. The normalized spacial score (nSPS) is 40.2. The third-order valence-electron chi connectivity index (χ3n) is 37.7. The molecule has 2 heteroatoms. The lowest BCUT2D eigenvalue weighted by Crippen LogP contribution is -2.56. The minimum absolute atomic E-state index is 0.0306. The molecule has 17 aliphatic carbocycles. The molecular weight excluding hydrogens is 1270 g/mol. The van der Waals surface area contributed by atoms with Gasteiger partial charge in [0.25, 0.3) is 0 Å². The molecule has 17 aliphatic rings. The zero-order chi connectivity index (χ0) is 70.2. The van der Waals surface area contributed by atoms with Crippen molar-refractivity contribution < 1.29 is 9.53 Å². The van der Waals surface area contributed by atoms with Crippen LogP contribution in [0.1, 0.15) is 125 Å². The average Bonchev–Trinajstić information content (AvgIpc) is 1.38. The van der Waals surface area contributed by atoms with E-state index in [0.717, 1.165) is 113 Å². The topological polar surface area (TPSA) is 26.3 Å². The van der Waals surface area contributed by atoms with Crippen LogP contribution in [0.25, 0.3) is 87.6 Å². The summed E-state index contributed by atoms with van der Waals surface area (Å²) in [6.45, 7) is 29.8. The van der Waals surface area contributed by atoms with Gasteiger partial charge in [0.15, 0.2) is 0 Å². The maximum absolute atomic E-state index is 14.8. The van der Waals surface area contributed by atoms with E-state index in [4.69, 9.17) is 4.74 Å². The first-order chi connectivity index (χ1) is 51.0.